The summed E-state index contributed by atoms with van der Waals surface area (Å²) in [6, 6.07) is 11.2. The van der Waals surface area contributed by atoms with Crippen LogP contribution >= 0.6 is 0 Å². The number of aliphatic hydroxyl groups excluding tert-OH is 2. The van der Waals surface area contributed by atoms with Gasteiger partial charge in [0.05, 0.1) is 13.2 Å². The van der Waals surface area contributed by atoms with E-state index in [0.29, 0.717) is 12.1 Å². The van der Waals surface area contributed by atoms with Gasteiger partial charge in [-0.05, 0) is 35.6 Å². The van der Waals surface area contributed by atoms with E-state index >= 15 is 0 Å². The van der Waals surface area contributed by atoms with E-state index in [1.165, 1.54) is 9.70 Å². The van der Waals surface area contributed by atoms with Gasteiger partial charge in [0, 0.05) is 25.1 Å². The van der Waals surface area contributed by atoms with E-state index in [1.807, 2.05) is 51.1 Å². The number of hydrogen-bond donors (Lipinski definition) is 3. The fourth-order valence-electron chi connectivity index (χ4n) is 3.53. The molecule has 3 rings (SSSR count). The quantitative estimate of drug-likeness (QED) is 0.509. The molecule has 2 aromatic carbocycles. The van der Waals surface area contributed by atoms with E-state index < -0.39 is 0 Å². The number of aryl methyl sites for hydroxylation is 1. The molecule has 0 saturated carbocycles. The van der Waals surface area contributed by atoms with E-state index in [-0.39, 0.29) is 49.8 Å². The van der Waals surface area contributed by atoms with Gasteiger partial charge in [0.2, 0.25) is 5.91 Å². The molecule has 0 bridgehead atoms. The third-order valence-electron chi connectivity index (χ3n) is 5.18. The summed E-state index contributed by atoms with van der Waals surface area (Å²) in [6.07, 6.45) is 0.672. The Bertz CT molecular complexity index is 1020. The summed E-state index contributed by atoms with van der Waals surface area (Å²) in [5, 5.41) is 38.3. The lowest BCUT2D eigenvalue weighted by molar-refractivity contribution is -0.132. The number of phenolic OH excluding ortho intramolecular Hbond substituents is 1. The van der Waals surface area contributed by atoms with Gasteiger partial charge in [-0.2, -0.15) is 0 Å². The second kappa shape index (κ2) is 9.45. The summed E-state index contributed by atoms with van der Waals surface area (Å²) in [4.78, 5) is 15.4. The topological polar surface area (TPSA) is 112 Å². The normalized spacial score (nSPS) is 11.8. The van der Waals surface area contributed by atoms with Crippen molar-refractivity contribution in [1.29, 1.82) is 0 Å². The van der Waals surface area contributed by atoms with Crippen LogP contribution in [-0.4, -0.2) is 67.4 Å². The molecule has 1 aromatic heterocycles. The van der Waals surface area contributed by atoms with Crippen LogP contribution in [0.4, 0.5) is 0 Å². The first-order chi connectivity index (χ1) is 14.7. The monoisotopic (exact) mass is 426 g/mol. The average molecular weight is 427 g/mol. The summed E-state index contributed by atoms with van der Waals surface area (Å²) in [5.74, 6) is -0.0249. The van der Waals surface area contributed by atoms with E-state index in [9.17, 15) is 9.90 Å². The second-order valence-corrected chi connectivity index (χ2v) is 8.57. The van der Waals surface area contributed by atoms with Gasteiger partial charge in [0.1, 0.15) is 22.5 Å². The molecule has 3 N–H and O–H groups in total. The van der Waals surface area contributed by atoms with E-state index in [4.69, 9.17) is 10.2 Å². The summed E-state index contributed by atoms with van der Waals surface area (Å²) in [5.41, 5.74) is 3.21. The lowest BCUT2D eigenvalue weighted by atomic mass is 9.84. The standard InChI is InChI=1S/C23H30N4O4/c1-23(2,3)17-14-16(8-9-21(30)26(10-12-28)11-13-29)15-20(22(17)31)27-24-18-6-4-5-7-19(18)25-27/h4-7,14-15,28-29,31H,8-13H2,1-3H3. The first-order valence-electron chi connectivity index (χ1n) is 10.4. The van der Waals surface area contributed by atoms with Gasteiger partial charge in [-0.1, -0.05) is 39.0 Å². The highest BCUT2D eigenvalue weighted by Gasteiger charge is 2.23. The zero-order chi connectivity index (χ0) is 22.6. The van der Waals surface area contributed by atoms with Crippen molar-refractivity contribution in [3.63, 3.8) is 0 Å². The summed E-state index contributed by atoms with van der Waals surface area (Å²) >= 11 is 0. The number of rotatable bonds is 8. The molecule has 1 amide bonds. The Labute approximate surface area is 181 Å². The SMILES string of the molecule is CC(C)(C)c1cc(CCC(=O)N(CCO)CCO)cc(-n2nc3ccccc3n2)c1O. The Morgan fingerprint density at radius 2 is 1.61 bits per heavy atom. The molecule has 0 atom stereocenters. The predicted molar refractivity (Wildman–Crippen MR) is 118 cm³/mol. The second-order valence-electron chi connectivity index (χ2n) is 8.57. The van der Waals surface area contributed by atoms with Crippen LogP contribution in [0.5, 0.6) is 5.75 Å². The van der Waals surface area contributed by atoms with E-state index in [2.05, 4.69) is 10.2 Å². The van der Waals surface area contributed by atoms with Crippen LogP contribution in [0, 0.1) is 0 Å². The van der Waals surface area contributed by atoms with Gasteiger partial charge in [0.15, 0.2) is 0 Å². The molecule has 0 unspecified atom stereocenters. The molecule has 0 aliphatic carbocycles. The Morgan fingerprint density at radius 3 is 2.13 bits per heavy atom. The van der Waals surface area contributed by atoms with Gasteiger partial charge < -0.3 is 20.2 Å². The smallest absolute Gasteiger partial charge is 0.223 e. The van der Waals surface area contributed by atoms with Crippen LogP contribution in [0.3, 0.4) is 0 Å². The minimum Gasteiger partial charge on any atom is -0.505 e. The first kappa shape index (κ1) is 22.7. The molecular weight excluding hydrogens is 396 g/mol. The molecule has 31 heavy (non-hydrogen) atoms. The van der Waals surface area contributed by atoms with Crippen LogP contribution in [0.25, 0.3) is 16.7 Å². The molecule has 1 heterocycles. The Morgan fingerprint density at radius 1 is 1.03 bits per heavy atom. The molecule has 0 fully saturated rings. The van der Waals surface area contributed by atoms with E-state index in [0.717, 1.165) is 22.2 Å². The fraction of sp³-hybridized carbons (Fsp3) is 0.435. The van der Waals surface area contributed by atoms with Crippen molar-refractivity contribution in [2.75, 3.05) is 26.3 Å². The van der Waals surface area contributed by atoms with Gasteiger partial charge in [-0.3, -0.25) is 4.79 Å². The van der Waals surface area contributed by atoms with Crippen LogP contribution in [-0.2, 0) is 16.6 Å². The van der Waals surface area contributed by atoms with E-state index in [1.54, 1.807) is 6.07 Å². The summed E-state index contributed by atoms with van der Waals surface area (Å²) in [6.45, 7) is 6.12. The maximum atomic E-state index is 12.5. The molecular formula is C23H30N4O4. The highest BCUT2D eigenvalue weighted by atomic mass is 16.3. The summed E-state index contributed by atoms with van der Waals surface area (Å²) in [7, 11) is 0. The van der Waals surface area contributed by atoms with Crippen LogP contribution in [0.2, 0.25) is 0 Å². The molecule has 8 heteroatoms. The number of phenols is 1. The number of benzene rings is 2. The number of aliphatic hydroxyl groups is 2. The number of carbonyl (C=O) groups excluding carboxylic acids is 1. The Hall–Kier alpha value is -2.97. The highest BCUT2D eigenvalue weighted by Crippen LogP contribution is 2.36. The van der Waals surface area contributed by atoms with Gasteiger partial charge in [-0.15, -0.1) is 15.0 Å². The summed E-state index contributed by atoms with van der Waals surface area (Å²) < 4.78 is 0. The number of aromatic nitrogens is 3. The van der Waals surface area contributed by atoms with Gasteiger partial charge in [-0.25, -0.2) is 0 Å². The van der Waals surface area contributed by atoms with Crippen molar-refractivity contribution in [3.8, 4) is 11.4 Å². The number of nitrogens with zero attached hydrogens (tertiary/aromatic N) is 4. The maximum Gasteiger partial charge on any atom is 0.223 e. The zero-order valence-corrected chi connectivity index (χ0v) is 18.2. The fourth-order valence-corrected chi connectivity index (χ4v) is 3.53. The molecule has 8 nitrogen and oxygen atoms in total. The van der Waals surface area contributed by atoms with Crippen LogP contribution < -0.4 is 0 Å². The molecule has 0 saturated heterocycles. The molecule has 166 valence electrons. The average Bonchev–Trinajstić information content (AvgIpc) is 3.15. The largest absolute Gasteiger partial charge is 0.505 e. The lowest BCUT2D eigenvalue weighted by Gasteiger charge is -2.24. The van der Waals surface area contributed by atoms with Crippen molar-refractivity contribution >= 4 is 16.9 Å². The van der Waals surface area contributed by atoms with Crippen LogP contribution in [0.1, 0.15) is 38.3 Å². The highest BCUT2D eigenvalue weighted by molar-refractivity contribution is 5.76. The predicted octanol–water partition coefficient (Wildman–Crippen LogP) is 2.17. The van der Waals surface area contributed by atoms with Crippen molar-refractivity contribution in [2.45, 2.75) is 39.0 Å². The minimum atomic E-state index is -0.328. The molecule has 0 spiro atoms. The Kier molecular flexibility index (Phi) is 6.92. The van der Waals surface area contributed by atoms with Gasteiger partial charge >= 0.3 is 0 Å². The molecule has 0 aliphatic heterocycles. The third-order valence-corrected chi connectivity index (χ3v) is 5.18. The number of fused-ring (bicyclic) bond motifs is 1. The number of aromatic hydroxyl groups is 1. The van der Waals surface area contributed by atoms with Crippen molar-refractivity contribution in [2.24, 2.45) is 0 Å². The number of carbonyl (C=O) groups is 1. The lowest BCUT2D eigenvalue weighted by Crippen LogP contribution is -2.36. The van der Waals surface area contributed by atoms with Gasteiger partial charge in [0.25, 0.3) is 0 Å². The third kappa shape index (κ3) is 5.21. The van der Waals surface area contributed by atoms with Crippen molar-refractivity contribution in [3.05, 3.63) is 47.5 Å². The van der Waals surface area contributed by atoms with Crippen molar-refractivity contribution < 1.29 is 20.1 Å². The molecule has 3 aromatic rings. The number of amides is 1. The molecule has 0 radical (unpaired) electrons. The minimum absolute atomic E-state index is 0.116. The molecule has 0 aliphatic rings. The maximum absolute atomic E-state index is 12.5. The number of hydrogen-bond acceptors (Lipinski definition) is 6. The van der Waals surface area contributed by atoms with Crippen LogP contribution in [0.15, 0.2) is 36.4 Å². The van der Waals surface area contributed by atoms with Crippen molar-refractivity contribution in [1.82, 2.24) is 19.9 Å². The first-order valence-corrected chi connectivity index (χ1v) is 10.4. The Balaban J connectivity index is 1.95. The zero-order valence-electron chi connectivity index (χ0n) is 18.2.